The van der Waals surface area contributed by atoms with Crippen LogP contribution >= 0.6 is 0 Å². The van der Waals surface area contributed by atoms with E-state index in [1.165, 1.54) is 6.92 Å². The summed E-state index contributed by atoms with van der Waals surface area (Å²) in [6.07, 6.45) is 0. The summed E-state index contributed by atoms with van der Waals surface area (Å²) in [6, 6.07) is 6.59. The van der Waals surface area contributed by atoms with Gasteiger partial charge in [-0.3, -0.25) is 14.9 Å². The van der Waals surface area contributed by atoms with Gasteiger partial charge in [0.15, 0.2) is 5.78 Å². The van der Waals surface area contributed by atoms with Crippen LogP contribution in [0, 0.1) is 6.92 Å². The molecule has 2 rings (SSSR count). The van der Waals surface area contributed by atoms with Crippen molar-refractivity contribution in [3.63, 3.8) is 0 Å². The second-order valence-corrected chi connectivity index (χ2v) is 5.43. The summed E-state index contributed by atoms with van der Waals surface area (Å²) in [5, 5.41) is 2.54. The van der Waals surface area contributed by atoms with Gasteiger partial charge in [-0.15, -0.1) is 0 Å². The average molecular weight is 359 g/mol. The third-order valence-corrected chi connectivity index (χ3v) is 3.55. The number of nitrogens with one attached hydrogen (secondary N) is 1. The van der Waals surface area contributed by atoms with Crippen LogP contribution in [0.5, 0.6) is 5.75 Å². The quantitative estimate of drug-likeness (QED) is 0.599. The molecule has 0 saturated heterocycles. The Kier molecular flexibility index (Phi) is 6.16. The van der Waals surface area contributed by atoms with Gasteiger partial charge in [0.05, 0.1) is 18.8 Å². The predicted octanol–water partition coefficient (Wildman–Crippen LogP) is 3.62. The van der Waals surface area contributed by atoms with Gasteiger partial charge in [-0.05, 0) is 45.9 Å². The number of carbonyl (C=O) groups is 3. The third kappa shape index (κ3) is 4.11. The Morgan fingerprint density at radius 1 is 1.12 bits per heavy atom. The standard InChI is InChI=1S/C19H21NO6/c1-5-24-14-9-7-8-13(10-14)17(22)20-18-16(19(23)25-6-2)15(11(3)21)12(4)26-18/h7-10H,5-6H2,1-4H3,(H,20,22). The molecule has 2 aromatic rings. The number of aryl methyl sites for hydroxylation is 1. The van der Waals surface area contributed by atoms with Crippen LogP contribution in [0.25, 0.3) is 0 Å². The summed E-state index contributed by atoms with van der Waals surface area (Å²) >= 11 is 0. The predicted molar refractivity (Wildman–Crippen MR) is 95.0 cm³/mol. The summed E-state index contributed by atoms with van der Waals surface area (Å²) < 4.78 is 15.8. The van der Waals surface area contributed by atoms with E-state index in [2.05, 4.69) is 5.32 Å². The van der Waals surface area contributed by atoms with Crippen molar-refractivity contribution in [3.8, 4) is 5.75 Å². The van der Waals surface area contributed by atoms with Crippen molar-refractivity contribution >= 4 is 23.5 Å². The number of esters is 1. The van der Waals surface area contributed by atoms with Crippen molar-refractivity contribution < 1.29 is 28.3 Å². The number of rotatable bonds is 7. The molecule has 1 heterocycles. The van der Waals surface area contributed by atoms with Crippen LogP contribution in [0.4, 0.5) is 5.88 Å². The molecule has 0 atom stereocenters. The van der Waals surface area contributed by atoms with Crippen molar-refractivity contribution in [1.82, 2.24) is 0 Å². The number of benzene rings is 1. The molecule has 0 aliphatic rings. The second kappa shape index (κ2) is 8.33. The van der Waals surface area contributed by atoms with Gasteiger partial charge in [0, 0.05) is 5.56 Å². The monoisotopic (exact) mass is 359 g/mol. The first-order valence-electron chi connectivity index (χ1n) is 8.24. The number of hydrogen-bond donors (Lipinski definition) is 1. The fourth-order valence-corrected chi connectivity index (χ4v) is 2.52. The Morgan fingerprint density at radius 2 is 1.85 bits per heavy atom. The van der Waals surface area contributed by atoms with Crippen LogP contribution in [0.15, 0.2) is 28.7 Å². The normalized spacial score (nSPS) is 10.3. The van der Waals surface area contributed by atoms with E-state index >= 15 is 0 Å². The molecular weight excluding hydrogens is 338 g/mol. The maximum Gasteiger partial charge on any atom is 0.344 e. The minimum absolute atomic E-state index is 0.0776. The van der Waals surface area contributed by atoms with Gasteiger partial charge in [-0.25, -0.2) is 4.79 Å². The van der Waals surface area contributed by atoms with Crippen LogP contribution < -0.4 is 10.1 Å². The van der Waals surface area contributed by atoms with Crippen LogP contribution in [0.3, 0.4) is 0 Å². The van der Waals surface area contributed by atoms with Gasteiger partial charge in [-0.1, -0.05) is 6.07 Å². The highest BCUT2D eigenvalue weighted by atomic mass is 16.5. The van der Waals surface area contributed by atoms with Gasteiger partial charge < -0.3 is 13.9 Å². The number of anilines is 1. The topological polar surface area (TPSA) is 94.8 Å². The zero-order chi connectivity index (χ0) is 19.3. The zero-order valence-electron chi connectivity index (χ0n) is 15.2. The Balaban J connectivity index is 2.38. The molecule has 7 nitrogen and oxygen atoms in total. The van der Waals surface area contributed by atoms with E-state index in [1.54, 1.807) is 38.1 Å². The summed E-state index contributed by atoms with van der Waals surface area (Å²) in [7, 11) is 0. The number of ketones is 1. The van der Waals surface area contributed by atoms with Crippen LogP contribution in [0.2, 0.25) is 0 Å². The van der Waals surface area contributed by atoms with E-state index < -0.39 is 11.9 Å². The number of amides is 1. The summed E-state index contributed by atoms with van der Waals surface area (Å²) in [6.45, 7) is 6.95. The number of ether oxygens (including phenoxy) is 2. The molecule has 0 aliphatic heterocycles. The van der Waals surface area contributed by atoms with E-state index in [-0.39, 0.29) is 35.2 Å². The lowest BCUT2D eigenvalue weighted by molar-refractivity contribution is 0.0524. The first kappa shape index (κ1) is 19.2. The number of Topliss-reactive ketones (excluding diaryl/α,β-unsaturated/α-hetero) is 1. The van der Waals surface area contributed by atoms with Gasteiger partial charge in [0.25, 0.3) is 5.91 Å². The van der Waals surface area contributed by atoms with E-state index in [1.807, 2.05) is 6.92 Å². The lowest BCUT2D eigenvalue weighted by atomic mass is 10.1. The highest BCUT2D eigenvalue weighted by Crippen LogP contribution is 2.29. The molecule has 1 amide bonds. The Labute approximate surface area is 151 Å². The number of furan rings is 1. The minimum Gasteiger partial charge on any atom is -0.494 e. The van der Waals surface area contributed by atoms with Crippen molar-refractivity contribution in [3.05, 3.63) is 46.7 Å². The number of hydrogen-bond acceptors (Lipinski definition) is 6. The average Bonchev–Trinajstić information content (AvgIpc) is 2.91. The molecule has 0 unspecified atom stereocenters. The fourth-order valence-electron chi connectivity index (χ4n) is 2.52. The van der Waals surface area contributed by atoms with E-state index in [4.69, 9.17) is 13.9 Å². The summed E-state index contributed by atoms with van der Waals surface area (Å²) in [4.78, 5) is 36.7. The zero-order valence-corrected chi connectivity index (χ0v) is 15.2. The smallest absolute Gasteiger partial charge is 0.344 e. The molecule has 0 saturated carbocycles. The fraction of sp³-hybridized carbons (Fsp3) is 0.316. The first-order valence-corrected chi connectivity index (χ1v) is 8.24. The molecule has 1 N–H and O–H groups in total. The third-order valence-electron chi connectivity index (χ3n) is 3.55. The largest absolute Gasteiger partial charge is 0.494 e. The minimum atomic E-state index is -0.729. The van der Waals surface area contributed by atoms with E-state index in [9.17, 15) is 14.4 Å². The molecule has 26 heavy (non-hydrogen) atoms. The molecule has 7 heteroatoms. The lowest BCUT2D eigenvalue weighted by Crippen LogP contribution is -2.16. The van der Waals surface area contributed by atoms with Crippen LogP contribution in [-0.4, -0.2) is 30.9 Å². The molecule has 0 fully saturated rings. The Morgan fingerprint density at radius 3 is 2.46 bits per heavy atom. The Hall–Kier alpha value is -3.09. The molecule has 1 aromatic carbocycles. The maximum atomic E-state index is 12.5. The Bertz CT molecular complexity index is 837. The SMILES string of the molecule is CCOC(=O)c1c(NC(=O)c2cccc(OCC)c2)oc(C)c1C(C)=O. The van der Waals surface area contributed by atoms with Gasteiger partial charge in [0.1, 0.15) is 17.1 Å². The van der Waals surface area contributed by atoms with Crippen LogP contribution in [0.1, 0.15) is 57.6 Å². The summed E-state index contributed by atoms with van der Waals surface area (Å²) in [5.74, 6) is -0.912. The number of carbonyl (C=O) groups excluding carboxylic acids is 3. The van der Waals surface area contributed by atoms with Crippen LogP contribution in [-0.2, 0) is 4.74 Å². The van der Waals surface area contributed by atoms with Gasteiger partial charge in [0.2, 0.25) is 5.88 Å². The van der Waals surface area contributed by atoms with E-state index in [0.29, 0.717) is 17.9 Å². The van der Waals surface area contributed by atoms with Crippen molar-refractivity contribution in [2.45, 2.75) is 27.7 Å². The second-order valence-electron chi connectivity index (χ2n) is 5.43. The molecule has 0 bridgehead atoms. The molecule has 0 aliphatic carbocycles. The molecule has 138 valence electrons. The highest BCUT2D eigenvalue weighted by molar-refractivity contribution is 6.12. The highest BCUT2D eigenvalue weighted by Gasteiger charge is 2.29. The van der Waals surface area contributed by atoms with Gasteiger partial charge in [-0.2, -0.15) is 0 Å². The van der Waals surface area contributed by atoms with Crippen molar-refractivity contribution in [2.75, 3.05) is 18.5 Å². The molecular formula is C19H21NO6. The molecule has 1 aromatic heterocycles. The maximum absolute atomic E-state index is 12.5. The van der Waals surface area contributed by atoms with Gasteiger partial charge >= 0.3 is 5.97 Å². The first-order chi connectivity index (χ1) is 12.4. The lowest BCUT2D eigenvalue weighted by Gasteiger charge is -2.08. The van der Waals surface area contributed by atoms with E-state index in [0.717, 1.165) is 0 Å². The molecule has 0 spiro atoms. The van der Waals surface area contributed by atoms with Crippen molar-refractivity contribution in [1.29, 1.82) is 0 Å². The van der Waals surface area contributed by atoms with Crippen molar-refractivity contribution in [2.24, 2.45) is 0 Å². The summed E-state index contributed by atoms with van der Waals surface area (Å²) in [5.41, 5.74) is 0.345. The molecule has 0 radical (unpaired) electrons.